The van der Waals surface area contributed by atoms with E-state index in [1.165, 1.54) is 0 Å². The molecule has 0 aliphatic carbocycles. The van der Waals surface area contributed by atoms with Gasteiger partial charge in [-0.3, -0.25) is 4.79 Å². The van der Waals surface area contributed by atoms with Gasteiger partial charge in [0, 0.05) is 17.3 Å². The fraction of sp³-hybridized carbons (Fsp3) is 0.269. The molecule has 0 radical (unpaired) electrons. The van der Waals surface area contributed by atoms with Gasteiger partial charge in [0.2, 0.25) is 5.91 Å². The van der Waals surface area contributed by atoms with Crippen molar-refractivity contribution in [1.82, 2.24) is 0 Å². The number of hydrogen-bond acceptors (Lipinski definition) is 4. The smallest absolute Gasteiger partial charge is 0.232 e. The van der Waals surface area contributed by atoms with Gasteiger partial charge in [-0.25, -0.2) is 0 Å². The normalized spacial score (nSPS) is 15.6. The van der Waals surface area contributed by atoms with E-state index in [1.54, 1.807) is 7.11 Å². The third kappa shape index (κ3) is 4.31. The van der Waals surface area contributed by atoms with Crippen LogP contribution < -0.4 is 20.1 Å². The number of methoxy groups -OCH3 is 1. The van der Waals surface area contributed by atoms with Crippen molar-refractivity contribution < 1.29 is 14.3 Å². The number of benzene rings is 3. The Morgan fingerprint density at radius 1 is 1.06 bits per heavy atom. The maximum Gasteiger partial charge on any atom is 0.232 e. The molecule has 1 unspecified atom stereocenters. The number of halogens is 1. The molecular formula is C26H27ClN2O3. The lowest BCUT2D eigenvalue weighted by Gasteiger charge is -2.38. The number of carbonyl (C=O) groups is 1. The van der Waals surface area contributed by atoms with Gasteiger partial charge >= 0.3 is 0 Å². The number of hydrogen-bond donors (Lipinski definition) is 1. The summed E-state index contributed by atoms with van der Waals surface area (Å²) in [6.45, 7) is 4.40. The largest absolute Gasteiger partial charge is 0.493 e. The second-order valence-corrected chi connectivity index (χ2v) is 8.57. The van der Waals surface area contributed by atoms with Gasteiger partial charge in [-0.05, 0) is 72.5 Å². The average Bonchev–Trinajstić information content (AvgIpc) is 2.78. The topological polar surface area (TPSA) is 64.8 Å². The van der Waals surface area contributed by atoms with Crippen molar-refractivity contribution in [3.05, 3.63) is 87.9 Å². The second kappa shape index (κ2) is 9.23. The highest BCUT2D eigenvalue weighted by Crippen LogP contribution is 2.43. The first-order valence-corrected chi connectivity index (χ1v) is 11.0. The Hall–Kier alpha value is -3.02. The molecule has 0 saturated heterocycles. The summed E-state index contributed by atoms with van der Waals surface area (Å²) in [6.07, 6.45) is 0.261. The van der Waals surface area contributed by atoms with E-state index in [0.717, 1.165) is 27.9 Å². The summed E-state index contributed by atoms with van der Waals surface area (Å²) in [5.74, 6) is 1.30. The van der Waals surface area contributed by atoms with E-state index in [0.29, 0.717) is 23.1 Å². The highest BCUT2D eigenvalue weighted by molar-refractivity contribution is 6.30. The molecule has 166 valence electrons. The van der Waals surface area contributed by atoms with Gasteiger partial charge in [-0.15, -0.1) is 0 Å². The van der Waals surface area contributed by atoms with Crippen LogP contribution in [0.15, 0.2) is 60.7 Å². The lowest BCUT2D eigenvalue weighted by atomic mass is 9.86. The molecule has 32 heavy (non-hydrogen) atoms. The first-order chi connectivity index (χ1) is 15.4. The van der Waals surface area contributed by atoms with Crippen molar-refractivity contribution in [3.63, 3.8) is 0 Å². The number of nitrogens with zero attached hydrogens (tertiary/aromatic N) is 1. The minimum Gasteiger partial charge on any atom is -0.493 e. The van der Waals surface area contributed by atoms with Gasteiger partial charge in [-0.1, -0.05) is 35.9 Å². The van der Waals surface area contributed by atoms with Gasteiger partial charge in [0.1, 0.15) is 0 Å². The molecule has 0 bridgehead atoms. The van der Waals surface area contributed by atoms with Crippen LogP contribution >= 0.6 is 11.6 Å². The number of anilines is 1. The minimum absolute atomic E-state index is 0.0116. The second-order valence-electron chi connectivity index (χ2n) is 8.13. The van der Waals surface area contributed by atoms with E-state index < -0.39 is 0 Å². The van der Waals surface area contributed by atoms with Gasteiger partial charge in [0.05, 0.1) is 25.7 Å². The number of amides is 1. The number of carbonyl (C=O) groups excluding carboxylic acids is 1. The third-order valence-electron chi connectivity index (χ3n) is 5.59. The molecule has 0 saturated carbocycles. The van der Waals surface area contributed by atoms with Gasteiger partial charge in [-0.2, -0.15) is 0 Å². The van der Waals surface area contributed by atoms with Gasteiger partial charge in [0.25, 0.3) is 0 Å². The summed E-state index contributed by atoms with van der Waals surface area (Å²) in [5.41, 5.74) is 10.5. The zero-order valence-corrected chi connectivity index (χ0v) is 19.2. The van der Waals surface area contributed by atoms with Crippen molar-refractivity contribution in [2.24, 2.45) is 5.73 Å². The van der Waals surface area contributed by atoms with E-state index in [2.05, 4.69) is 0 Å². The summed E-state index contributed by atoms with van der Waals surface area (Å²) in [6, 6.07) is 19.0. The molecule has 6 heteroatoms. The Labute approximate surface area is 193 Å². The van der Waals surface area contributed by atoms with E-state index >= 15 is 0 Å². The lowest BCUT2D eigenvalue weighted by molar-refractivity contribution is -0.118. The first kappa shape index (κ1) is 22.2. The molecule has 1 aliphatic rings. The van der Waals surface area contributed by atoms with Crippen molar-refractivity contribution in [3.8, 4) is 11.5 Å². The molecule has 3 aromatic rings. The number of nitrogens with two attached hydrogens (primary N) is 1. The Bertz CT molecular complexity index is 1110. The summed E-state index contributed by atoms with van der Waals surface area (Å²) in [5, 5.41) is 0.647. The van der Waals surface area contributed by atoms with Crippen LogP contribution in [0.5, 0.6) is 11.5 Å². The van der Waals surface area contributed by atoms with Crippen molar-refractivity contribution >= 4 is 23.2 Å². The molecule has 1 amide bonds. The zero-order chi connectivity index (χ0) is 22.8. The number of fused-ring (bicyclic) bond motifs is 1. The summed E-state index contributed by atoms with van der Waals surface area (Å²) >= 11 is 6.16. The number of rotatable bonds is 6. The van der Waals surface area contributed by atoms with E-state index in [1.807, 2.05) is 79.4 Å². The molecule has 1 heterocycles. The van der Waals surface area contributed by atoms with Crippen molar-refractivity contribution in [1.29, 1.82) is 0 Å². The van der Waals surface area contributed by atoms with Gasteiger partial charge < -0.3 is 20.1 Å². The molecule has 3 aromatic carbocycles. The molecule has 2 N–H and O–H groups in total. The maximum absolute atomic E-state index is 13.4. The Balaban J connectivity index is 1.90. The molecule has 1 atom stereocenters. The van der Waals surface area contributed by atoms with Crippen LogP contribution in [0.2, 0.25) is 5.02 Å². The predicted octanol–water partition coefficient (Wildman–Crippen LogP) is 5.27. The van der Waals surface area contributed by atoms with Crippen molar-refractivity contribution in [2.45, 2.75) is 39.0 Å². The van der Waals surface area contributed by atoms with Crippen LogP contribution in [-0.4, -0.2) is 19.1 Å². The lowest BCUT2D eigenvalue weighted by Crippen LogP contribution is -2.41. The molecule has 0 fully saturated rings. The van der Waals surface area contributed by atoms with Crippen molar-refractivity contribution in [2.75, 3.05) is 12.0 Å². The third-order valence-corrected chi connectivity index (χ3v) is 5.84. The van der Waals surface area contributed by atoms with Crippen LogP contribution in [0.3, 0.4) is 0 Å². The molecule has 5 nitrogen and oxygen atoms in total. The fourth-order valence-electron chi connectivity index (χ4n) is 4.12. The van der Waals surface area contributed by atoms with E-state index in [9.17, 15) is 4.79 Å². The standard InChI is InChI=1S/C26H27ClN2O3/c1-16(2)32-24-14-22-19(12-23(24)31-3)13-25(30)29(21-10-4-17(15-28)5-11-21)26(22)18-6-8-20(27)9-7-18/h4-12,14,16,26H,13,15,28H2,1-3H3. The van der Waals surface area contributed by atoms with E-state index in [-0.39, 0.29) is 24.5 Å². The first-order valence-electron chi connectivity index (χ1n) is 10.6. The molecular weight excluding hydrogens is 424 g/mol. The van der Waals surface area contributed by atoms with Crippen LogP contribution in [0.25, 0.3) is 0 Å². The van der Waals surface area contributed by atoms with E-state index in [4.69, 9.17) is 26.8 Å². The van der Waals surface area contributed by atoms with Crippen LogP contribution in [0.4, 0.5) is 5.69 Å². The molecule has 0 spiro atoms. The molecule has 0 aromatic heterocycles. The summed E-state index contributed by atoms with van der Waals surface area (Å²) < 4.78 is 11.6. The zero-order valence-electron chi connectivity index (χ0n) is 18.5. The maximum atomic E-state index is 13.4. The van der Waals surface area contributed by atoms with Crippen LogP contribution in [0, 0.1) is 0 Å². The summed E-state index contributed by atoms with van der Waals surface area (Å²) in [4.78, 5) is 15.3. The highest BCUT2D eigenvalue weighted by atomic mass is 35.5. The molecule has 4 rings (SSSR count). The predicted molar refractivity (Wildman–Crippen MR) is 128 cm³/mol. The SMILES string of the molecule is COc1cc2c(cc1OC(C)C)C(c1ccc(Cl)cc1)N(c1ccc(CN)cc1)C(=O)C2. The van der Waals surface area contributed by atoms with Gasteiger partial charge in [0.15, 0.2) is 11.5 Å². The monoisotopic (exact) mass is 450 g/mol. The highest BCUT2D eigenvalue weighted by Gasteiger charge is 2.36. The quantitative estimate of drug-likeness (QED) is 0.555. The Morgan fingerprint density at radius 3 is 2.34 bits per heavy atom. The minimum atomic E-state index is -0.326. The number of ether oxygens (including phenoxy) is 2. The molecule has 1 aliphatic heterocycles. The van der Waals surface area contributed by atoms with Crippen LogP contribution in [0.1, 0.15) is 42.1 Å². The summed E-state index contributed by atoms with van der Waals surface area (Å²) in [7, 11) is 1.61. The Morgan fingerprint density at radius 2 is 1.75 bits per heavy atom. The van der Waals surface area contributed by atoms with Crippen LogP contribution in [-0.2, 0) is 17.8 Å². The fourth-order valence-corrected chi connectivity index (χ4v) is 4.25. The Kier molecular flexibility index (Phi) is 6.40. The average molecular weight is 451 g/mol.